The lowest BCUT2D eigenvalue weighted by Gasteiger charge is -2.27. The monoisotopic (exact) mass is 283 g/mol. The van der Waals surface area contributed by atoms with Crippen molar-refractivity contribution in [2.24, 2.45) is 0 Å². The van der Waals surface area contributed by atoms with E-state index in [0.29, 0.717) is 25.1 Å². The molecule has 0 bridgehead atoms. The van der Waals surface area contributed by atoms with Crippen LogP contribution in [0.3, 0.4) is 0 Å². The van der Waals surface area contributed by atoms with Crippen molar-refractivity contribution < 1.29 is 14.6 Å². The number of hydrogen-bond donors (Lipinski definition) is 2. The predicted octanol–water partition coefficient (Wildman–Crippen LogP) is -0.0988. The molecule has 20 heavy (non-hydrogen) atoms. The zero-order valence-electron chi connectivity index (χ0n) is 11.7. The molecular weight excluding hydrogens is 262 g/mol. The second-order valence-electron chi connectivity index (χ2n) is 4.34. The normalized spacial score (nSPS) is 15.2. The highest BCUT2D eigenvalue weighted by Gasteiger charge is 2.16. The molecule has 0 spiro atoms. The number of rotatable bonds is 7. The van der Waals surface area contributed by atoms with Crippen molar-refractivity contribution in [1.82, 2.24) is 15.0 Å². The summed E-state index contributed by atoms with van der Waals surface area (Å²) in [5, 5.41) is 11.9. The lowest BCUT2D eigenvalue weighted by molar-refractivity contribution is 0.122. The van der Waals surface area contributed by atoms with Gasteiger partial charge in [-0.1, -0.05) is 6.92 Å². The Kier molecular flexibility index (Phi) is 5.75. The van der Waals surface area contributed by atoms with Crippen molar-refractivity contribution in [1.29, 1.82) is 0 Å². The highest BCUT2D eigenvalue weighted by molar-refractivity contribution is 5.38. The summed E-state index contributed by atoms with van der Waals surface area (Å²) in [5.74, 6) is 1.08. The summed E-state index contributed by atoms with van der Waals surface area (Å²) in [4.78, 5) is 14.9. The zero-order chi connectivity index (χ0) is 14.2. The van der Waals surface area contributed by atoms with Crippen molar-refractivity contribution >= 4 is 11.9 Å². The van der Waals surface area contributed by atoms with Gasteiger partial charge in [-0.15, -0.1) is 0 Å². The van der Waals surface area contributed by atoms with Gasteiger partial charge in [0.25, 0.3) is 0 Å². The quantitative estimate of drug-likeness (QED) is 0.717. The molecule has 0 aromatic carbocycles. The molecule has 0 aliphatic carbocycles. The third kappa shape index (κ3) is 4.17. The van der Waals surface area contributed by atoms with Crippen LogP contribution in [0.25, 0.3) is 0 Å². The fourth-order valence-electron chi connectivity index (χ4n) is 1.77. The minimum Gasteiger partial charge on any atom is -0.461 e. The molecule has 1 fully saturated rings. The van der Waals surface area contributed by atoms with Crippen molar-refractivity contribution in [3.63, 3.8) is 0 Å². The van der Waals surface area contributed by atoms with Crippen molar-refractivity contribution in [3.05, 3.63) is 0 Å². The van der Waals surface area contributed by atoms with Crippen LogP contribution in [0.4, 0.5) is 11.9 Å². The molecule has 0 amide bonds. The minimum absolute atomic E-state index is 0.0731. The van der Waals surface area contributed by atoms with Crippen LogP contribution >= 0.6 is 0 Å². The largest absolute Gasteiger partial charge is 0.461 e. The van der Waals surface area contributed by atoms with Crippen LogP contribution in [0.2, 0.25) is 0 Å². The molecule has 2 N–H and O–H groups in total. The van der Waals surface area contributed by atoms with Crippen LogP contribution in [0.5, 0.6) is 6.01 Å². The van der Waals surface area contributed by atoms with Crippen LogP contribution in [0, 0.1) is 0 Å². The van der Waals surface area contributed by atoms with Gasteiger partial charge in [-0.2, -0.15) is 15.0 Å². The van der Waals surface area contributed by atoms with E-state index < -0.39 is 0 Å². The molecule has 1 aromatic rings. The number of nitrogens with one attached hydrogen (secondary N) is 1. The van der Waals surface area contributed by atoms with Crippen molar-refractivity contribution in [2.75, 3.05) is 56.3 Å². The molecule has 2 heterocycles. The summed E-state index contributed by atoms with van der Waals surface area (Å²) in [7, 11) is 0. The highest BCUT2D eigenvalue weighted by Crippen LogP contribution is 2.16. The molecule has 1 saturated heterocycles. The lowest BCUT2D eigenvalue weighted by Crippen LogP contribution is -2.37. The molecule has 2 rings (SSSR count). The highest BCUT2D eigenvalue weighted by atomic mass is 16.5. The van der Waals surface area contributed by atoms with Crippen molar-refractivity contribution in [3.8, 4) is 6.01 Å². The Balaban J connectivity index is 2.14. The number of aromatic nitrogens is 3. The van der Waals surface area contributed by atoms with Crippen LogP contribution in [-0.2, 0) is 4.74 Å². The molecule has 1 aliphatic heterocycles. The number of anilines is 2. The minimum atomic E-state index is -0.0731. The standard InChI is InChI=1S/C12H21N5O3/c1-2-3-13-10-14-11(17-4-7-19-8-5-17)16-12(15-10)20-9-6-18/h18H,2-9H2,1H3,(H,13,14,15,16). The SMILES string of the molecule is CCCNc1nc(OCCO)nc(N2CCOCC2)n1. The topological polar surface area (TPSA) is 92.6 Å². The second kappa shape index (κ2) is 7.81. The number of morpholine rings is 1. The molecule has 0 radical (unpaired) electrons. The Labute approximate surface area is 118 Å². The average molecular weight is 283 g/mol. The Hall–Kier alpha value is -1.67. The first-order chi connectivity index (χ1) is 9.83. The molecule has 1 aromatic heterocycles. The average Bonchev–Trinajstić information content (AvgIpc) is 2.51. The van der Waals surface area contributed by atoms with Gasteiger partial charge in [0.15, 0.2) is 0 Å². The van der Waals surface area contributed by atoms with Crippen molar-refractivity contribution in [2.45, 2.75) is 13.3 Å². The van der Waals surface area contributed by atoms with Crippen LogP contribution in [0.15, 0.2) is 0 Å². The summed E-state index contributed by atoms with van der Waals surface area (Å²) in [6.45, 7) is 5.77. The molecule has 0 saturated carbocycles. The molecule has 8 nitrogen and oxygen atoms in total. The van der Waals surface area contributed by atoms with E-state index >= 15 is 0 Å². The first-order valence-electron chi connectivity index (χ1n) is 6.89. The van der Waals surface area contributed by atoms with Crippen LogP contribution in [0.1, 0.15) is 13.3 Å². The van der Waals surface area contributed by atoms with E-state index in [1.807, 2.05) is 4.90 Å². The summed E-state index contributed by atoms with van der Waals surface area (Å²) in [6, 6.07) is 0.231. The third-order valence-electron chi connectivity index (χ3n) is 2.75. The van der Waals surface area contributed by atoms with Gasteiger partial charge < -0.3 is 24.8 Å². The number of ether oxygens (including phenoxy) is 2. The van der Waals surface area contributed by atoms with Gasteiger partial charge >= 0.3 is 6.01 Å². The van der Waals surface area contributed by atoms with Gasteiger partial charge in [0.2, 0.25) is 11.9 Å². The first-order valence-corrected chi connectivity index (χ1v) is 6.89. The summed E-state index contributed by atoms with van der Waals surface area (Å²) in [5.41, 5.74) is 0. The van der Waals surface area contributed by atoms with Gasteiger partial charge in [-0.05, 0) is 6.42 Å². The maximum absolute atomic E-state index is 8.82. The Morgan fingerprint density at radius 1 is 1.30 bits per heavy atom. The van der Waals surface area contributed by atoms with E-state index in [4.69, 9.17) is 14.6 Å². The Bertz CT molecular complexity index is 386. The molecule has 112 valence electrons. The summed E-state index contributed by atoms with van der Waals surface area (Å²) in [6.07, 6.45) is 0.978. The lowest BCUT2D eigenvalue weighted by atomic mass is 10.4. The summed E-state index contributed by atoms with van der Waals surface area (Å²) < 4.78 is 10.6. The number of hydrogen-bond acceptors (Lipinski definition) is 8. The maximum Gasteiger partial charge on any atom is 0.323 e. The van der Waals surface area contributed by atoms with Crippen LogP contribution < -0.4 is 15.0 Å². The van der Waals surface area contributed by atoms with Gasteiger partial charge in [-0.3, -0.25) is 0 Å². The predicted molar refractivity (Wildman–Crippen MR) is 74.2 cm³/mol. The number of nitrogens with zero attached hydrogens (tertiary/aromatic N) is 4. The van der Waals surface area contributed by atoms with E-state index in [1.165, 1.54) is 0 Å². The fraction of sp³-hybridized carbons (Fsp3) is 0.750. The maximum atomic E-state index is 8.82. The van der Waals surface area contributed by atoms with Gasteiger partial charge in [-0.25, -0.2) is 0 Å². The van der Waals surface area contributed by atoms with Gasteiger partial charge in [0.05, 0.1) is 19.8 Å². The Morgan fingerprint density at radius 3 is 2.80 bits per heavy atom. The molecule has 0 unspecified atom stereocenters. The van der Waals surface area contributed by atoms with E-state index in [1.54, 1.807) is 0 Å². The third-order valence-corrected chi connectivity index (χ3v) is 2.75. The van der Waals surface area contributed by atoms with Crippen LogP contribution in [-0.4, -0.2) is 66.1 Å². The zero-order valence-corrected chi connectivity index (χ0v) is 11.7. The summed E-state index contributed by atoms with van der Waals surface area (Å²) >= 11 is 0. The van der Waals surface area contributed by atoms with E-state index in [0.717, 1.165) is 26.1 Å². The first kappa shape index (κ1) is 14.7. The van der Waals surface area contributed by atoms with E-state index in [9.17, 15) is 0 Å². The van der Waals surface area contributed by atoms with E-state index in [-0.39, 0.29) is 19.2 Å². The fourth-order valence-corrected chi connectivity index (χ4v) is 1.77. The van der Waals surface area contributed by atoms with Gasteiger partial charge in [0, 0.05) is 19.6 Å². The van der Waals surface area contributed by atoms with Gasteiger partial charge in [0.1, 0.15) is 6.61 Å². The van der Waals surface area contributed by atoms with E-state index in [2.05, 4.69) is 27.2 Å². The second-order valence-corrected chi connectivity index (χ2v) is 4.34. The molecule has 1 aliphatic rings. The molecule has 0 atom stereocenters. The number of aliphatic hydroxyl groups excluding tert-OH is 1. The molecular formula is C12H21N5O3. The number of aliphatic hydroxyl groups is 1. The Morgan fingerprint density at radius 2 is 2.10 bits per heavy atom. The molecule has 8 heteroatoms. The smallest absolute Gasteiger partial charge is 0.323 e.